The molecule has 2 fully saturated rings. The van der Waals surface area contributed by atoms with Crippen LogP contribution in [0, 0.1) is 0 Å². The highest BCUT2D eigenvalue weighted by Gasteiger charge is 2.26. The number of epoxide rings is 2. The molecule has 6 heteroatoms. The van der Waals surface area contributed by atoms with Crippen molar-refractivity contribution in [3.05, 3.63) is 132 Å². The van der Waals surface area contributed by atoms with Gasteiger partial charge in [0.05, 0.1) is 26.4 Å². The average molecular weight is 501 g/mol. The Balaban J connectivity index is 0.000000144. The molecule has 2 heterocycles. The van der Waals surface area contributed by atoms with Crippen molar-refractivity contribution >= 4 is 5.78 Å². The van der Waals surface area contributed by atoms with E-state index in [2.05, 4.69) is 0 Å². The number of ketones is 1. The Hall–Kier alpha value is -3.97. The predicted octanol–water partition coefficient (Wildman–Crippen LogP) is 5.50. The Morgan fingerprint density at radius 1 is 0.595 bits per heavy atom. The van der Waals surface area contributed by atoms with Crippen molar-refractivity contribution in [2.75, 3.05) is 26.4 Å². The van der Waals surface area contributed by atoms with Gasteiger partial charge in [0.1, 0.15) is 23.7 Å². The zero-order chi connectivity index (χ0) is 26.1. The first-order valence-electron chi connectivity index (χ1n) is 12.1. The molecule has 2 saturated heterocycles. The topological polar surface area (TPSA) is 91.8 Å². The van der Waals surface area contributed by atoms with E-state index in [1.807, 2.05) is 72.8 Å². The average Bonchev–Trinajstić information content (AvgIpc) is 3.88. The third-order valence-electron chi connectivity index (χ3n) is 5.00. The number of para-hydroxylation sites is 2. The minimum Gasteiger partial charge on any atom is -0.508 e. The van der Waals surface area contributed by atoms with Gasteiger partial charge in [-0.3, -0.25) is 4.79 Å². The Kier molecular flexibility index (Phi) is 11.9. The molecule has 2 atom stereocenters. The molecule has 0 aliphatic carbocycles. The normalized spacial score (nSPS) is 16.3. The number of rotatable bonds is 6. The van der Waals surface area contributed by atoms with Gasteiger partial charge in [-0.2, -0.15) is 0 Å². The first kappa shape index (κ1) is 27.6. The Morgan fingerprint density at radius 2 is 0.892 bits per heavy atom. The van der Waals surface area contributed by atoms with E-state index in [0.29, 0.717) is 23.7 Å². The Morgan fingerprint density at radius 3 is 1.14 bits per heavy atom. The molecule has 0 bridgehead atoms. The second-order valence-corrected chi connectivity index (χ2v) is 8.18. The number of hydrogen-bond donors (Lipinski definition) is 2. The molecule has 2 aliphatic heterocycles. The molecule has 0 radical (unpaired) electrons. The summed E-state index contributed by atoms with van der Waals surface area (Å²) < 4.78 is 15.1. The number of carbonyl (C=O) groups is 1. The number of ether oxygens (including phenoxy) is 3. The summed E-state index contributed by atoms with van der Waals surface area (Å²) in [7, 11) is 0. The van der Waals surface area contributed by atoms with Crippen LogP contribution >= 0.6 is 0 Å². The highest BCUT2D eigenvalue weighted by Crippen LogP contribution is 2.12. The monoisotopic (exact) mass is 500 g/mol. The largest absolute Gasteiger partial charge is 0.508 e. The maximum atomic E-state index is 11.8. The summed E-state index contributed by atoms with van der Waals surface area (Å²) in [5.41, 5.74) is 1.47. The highest BCUT2D eigenvalue weighted by atomic mass is 16.6. The summed E-state index contributed by atoms with van der Waals surface area (Å²) in [6.45, 7) is 3.26. The van der Waals surface area contributed by atoms with Crippen molar-refractivity contribution < 1.29 is 29.2 Å². The van der Waals surface area contributed by atoms with Crippen molar-refractivity contribution in [2.24, 2.45) is 0 Å². The van der Waals surface area contributed by atoms with Gasteiger partial charge in [0.15, 0.2) is 5.78 Å². The van der Waals surface area contributed by atoms with E-state index in [1.165, 1.54) is 0 Å². The van der Waals surface area contributed by atoms with Crippen molar-refractivity contribution in [1.82, 2.24) is 0 Å². The van der Waals surface area contributed by atoms with E-state index >= 15 is 0 Å². The summed E-state index contributed by atoms with van der Waals surface area (Å²) in [6.07, 6.45) is 0.785. The quantitative estimate of drug-likeness (QED) is 0.268. The maximum Gasteiger partial charge on any atom is 0.193 e. The van der Waals surface area contributed by atoms with Crippen LogP contribution in [0.5, 0.6) is 11.5 Å². The molecule has 2 aliphatic rings. The van der Waals surface area contributed by atoms with Gasteiger partial charge in [-0.25, -0.2) is 0 Å². The second-order valence-electron chi connectivity index (χ2n) is 8.18. The molecule has 2 N–H and O–H groups in total. The third-order valence-corrected chi connectivity index (χ3v) is 5.00. The number of phenolic OH excluding ortho intramolecular Hbond substituents is 2. The fourth-order valence-corrected chi connectivity index (χ4v) is 2.86. The Bertz CT molecular complexity index is 1040. The second kappa shape index (κ2) is 15.9. The van der Waals surface area contributed by atoms with Gasteiger partial charge in [-0.15, -0.1) is 0 Å². The van der Waals surface area contributed by atoms with Crippen LogP contribution in [0.4, 0.5) is 0 Å². The van der Waals surface area contributed by atoms with E-state index < -0.39 is 0 Å². The lowest BCUT2D eigenvalue weighted by molar-refractivity contribution is 0.102. The van der Waals surface area contributed by atoms with Crippen molar-refractivity contribution in [3.63, 3.8) is 0 Å². The summed E-state index contributed by atoms with van der Waals surface area (Å²) in [5.74, 6) is 0.719. The lowest BCUT2D eigenvalue weighted by Gasteiger charge is -1.99. The SMILES string of the molecule is C(OCC1CO1)C1CO1.O=C(c1ccccc1)c1ccccc1.Oc1ccccc1.Oc1ccccc1. The van der Waals surface area contributed by atoms with Gasteiger partial charge < -0.3 is 24.4 Å². The van der Waals surface area contributed by atoms with Gasteiger partial charge in [0.2, 0.25) is 0 Å². The van der Waals surface area contributed by atoms with Crippen LogP contribution < -0.4 is 0 Å². The minimum atomic E-state index is 0.0752. The molecule has 2 unspecified atom stereocenters. The fraction of sp³-hybridized carbons (Fsp3) is 0.194. The number of carbonyl (C=O) groups excluding carboxylic acids is 1. The zero-order valence-corrected chi connectivity index (χ0v) is 20.6. The molecule has 0 spiro atoms. The zero-order valence-electron chi connectivity index (χ0n) is 20.6. The highest BCUT2D eigenvalue weighted by molar-refractivity contribution is 6.08. The van der Waals surface area contributed by atoms with Crippen molar-refractivity contribution in [3.8, 4) is 11.5 Å². The molecule has 0 aromatic heterocycles. The van der Waals surface area contributed by atoms with E-state index in [9.17, 15) is 4.79 Å². The van der Waals surface area contributed by atoms with E-state index in [4.69, 9.17) is 24.4 Å². The van der Waals surface area contributed by atoms with E-state index in [1.54, 1.807) is 48.5 Å². The van der Waals surface area contributed by atoms with Crippen molar-refractivity contribution in [1.29, 1.82) is 0 Å². The molecule has 6 nitrogen and oxygen atoms in total. The standard InChI is InChI=1S/C13H10O.C6H10O3.2C6H6O/c14-13(11-7-3-1-4-8-11)12-9-5-2-6-10-12;1(5-3-8-5)7-2-6-4-9-6;2*7-6-4-2-1-3-5-6/h1-10H;5-6H,1-4H2;2*1-5,7H. The molecule has 6 rings (SSSR count). The fourth-order valence-electron chi connectivity index (χ4n) is 2.86. The molecule has 0 saturated carbocycles. The Labute approximate surface area is 217 Å². The number of hydrogen-bond acceptors (Lipinski definition) is 6. The maximum absolute atomic E-state index is 11.8. The number of benzene rings is 4. The number of aromatic hydroxyl groups is 2. The van der Waals surface area contributed by atoms with Crippen LogP contribution in [0.3, 0.4) is 0 Å². The molecule has 0 amide bonds. The summed E-state index contributed by atoms with van der Waals surface area (Å²) in [5, 5.41) is 17.3. The van der Waals surface area contributed by atoms with Crippen LogP contribution in [-0.2, 0) is 14.2 Å². The van der Waals surface area contributed by atoms with Crippen LogP contribution in [0.1, 0.15) is 15.9 Å². The predicted molar refractivity (Wildman–Crippen MR) is 143 cm³/mol. The van der Waals surface area contributed by atoms with Gasteiger partial charge in [0, 0.05) is 11.1 Å². The van der Waals surface area contributed by atoms with Crippen LogP contribution in [0.2, 0.25) is 0 Å². The number of phenols is 2. The first-order chi connectivity index (χ1) is 18.1. The molecular weight excluding hydrogens is 468 g/mol. The van der Waals surface area contributed by atoms with E-state index in [0.717, 1.165) is 37.6 Å². The minimum absolute atomic E-state index is 0.0752. The van der Waals surface area contributed by atoms with Crippen molar-refractivity contribution in [2.45, 2.75) is 12.2 Å². The van der Waals surface area contributed by atoms with Crippen LogP contribution in [0.25, 0.3) is 0 Å². The third kappa shape index (κ3) is 12.5. The van der Waals surface area contributed by atoms with Crippen LogP contribution in [0.15, 0.2) is 121 Å². The summed E-state index contributed by atoms with van der Waals surface area (Å²) in [6, 6.07) is 36.0. The molecule has 192 valence electrons. The molecular formula is C31H32O6. The van der Waals surface area contributed by atoms with E-state index in [-0.39, 0.29) is 5.78 Å². The van der Waals surface area contributed by atoms with Gasteiger partial charge in [-0.1, -0.05) is 97.1 Å². The lowest BCUT2D eigenvalue weighted by Crippen LogP contribution is -2.06. The van der Waals surface area contributed by atoms with Gasteiger partial charge in [0.25, 0.3) is 0 Å². The molecule has 37 heavy (non-hydrogen) atoms. The molecule has 4 aromatic rings. The summed E-state index contributed by atoms with van der Waals surface area (Å²) >= 11 is 0. The van der Waals surface area contributed by atoms with Crippen LogP contribution in [-0.4, -0.2) is 54.6 Å². The smallest absolute Gasteiger partial charge is 0.193 e. The lowest BCUT2D eigenvalue weighted by atomic mass is 10.0. The molecule has 4 aromatic carbocycles. The van der Waals surface area contributed by atoms with Gasteiger partial charge >= 0.3 is 0 Å². The summed E-state index contributed by atoms with van der Waals surface area (Å²) in [4.78, 5) is 11.8. The first-order valence-corrected chi connectivity index (χ1v) is 12.1. The van der Waals surface area contributed by atoms with Gasteiger partial charge in [-0.05, 0) is 24.3 Å².